The molecule has 1 saturated heterocycles. The van der Waals surface area contributed by atoms with Crippen molar-refractivity contribution in [2.45, 2.75) is 19.4 Å². The van der Waals surface area contributed by atoms with Crippen LogP contribution in [-0.4, -0.2) is 31.7 Å². The highest BCUT2D eigenvalue weighted by molar-refractivity contribution is 9.10. The molecule has 1 aliphatic rings. The van der Waals surface area contributed by atoms with Crippen LogP contribution in [0.25, 0.3) is 0 Å². The number of nitrogen functional groups attached to an aromatic ring is 1. The number of hydrogen-bond acceptors (Lipinski definition) is 3. The van der Waals surface area contributed by atoms with Crippen LogP contribution in [-0.2, 0) is 11.3 Å². The Hall–Kier alpha value is -0.580. The van der Waals surface area contributed by atoms with Gasteiger partial charge < -0.3 is 15.4 Å². The first-order chi connectivity index (χ1) is 8.65. The van der Waals surface area contributed by atoms with Gasteiger partial charge in [0.15, 0.2) is 0 Å². The topological polar surface area (TPSA) is 38.5 Å². The summed E-state index contributed by atoms with van der Waals surface area (Å²) in [5.74, 6) is 0.681. The third kappa shape index (κ3) is 3.97. The van der Waals surface area contributed by atoms with E-state index in [1.54, 1.807) is 0 Å². The van der Waals surface area contributed by atoms with E-state index in [9.17, 15) is 0 Å². The Kier molecular flexibility index (Phi) is 5.03. The predicted octanol–water partition coefficient (Wildman–Crippen LogP) is 2.89. The first-order valence-electron chi connectivity index (χ1n) is 6.45. The fourth-order valence-electron chi connectivity index (χ4n) is 2.44. The molecule has 1 aliphatic heterocycles. The summed E-state index contributed by atoms with van der Waals surface area (Å²) in [5.41, 5.74) is 7.87. The van der Waals surface area contributed by atoms with Crippen LogP contribution >= 0.6 is 15.9 Å². The maximum atomic E-state index is 5.79. The molecule has 18 heavy (non-hydrogen) atoms. The van der Waals surface area contributed by atoms with Crippen LogP contribution in [0.3, 0.4) is 0 Å². The van der Waals surface area contributed by atoms with Crippen molar-refractivity contribution in [1.82, 2.24) is 4.90 Å². The Labute approximate surface area is 117 Å². The molecule has 1 unspecified atom stereocenters. The molecule has 0 spiro atoms. The minimum atomic E-state index is 0.681. The molecule has 1 fully saturated rings. The van der Waals surface area contributed by atoms with Gasteiger partial charge in [0.05, 0.1) is 6.61 Å². The van der Waals surface area contributed by atoms with Gasteiger partial charge >= 0.3 is 0 Å². The number of halogens is 1. The van der Waals surface area contributed by atoms with E-state index in [1.165, 1.54) is 18.4 Å². The number of benzene rings is 1. The maximum Gasteiger partial charge on any atom is 0.0506 e. The third-order valence-corrected chi connectivity index (χ3v) is 4.03. The summed E-state index contributed by atoms with van der Waals surface area (Å²) >= 11 is 3.47. The first-order valence-corrected chi connectivity index (χ1v) is 7.24. The van der Waals surface area contributed by atoms with E-state index in [-0.39, 0.29) is 0 Å². The van der Waals surface area contributed by atoms with Gasteiger partial charge in [0.2, 0.25) is 0 Å². The molecule has 100 valence electrons. The number of hydrogen-bond donors (Lipinski definition) is 1. The van der Waals surface area contributed by atoms with E-state index >= 15 is 0 Å². The smallest absolute Gasteiger partial charge is 0.0506 e. The highest BCUT2D eigenvalue weighted by Gasteiger charge is 2.15. The molecular formula is C14H21BrN2O. The molecule has 0 aromatic heterocycles. The standard InChI is InChI=1S/C14H21BrN2O/c1-17(9-12-3-2-6-18-10-12)8-11-4-5-14(16)13(15)7-11/h4-5,7,12H,2-3,6,8-10,16H2,1H3. The number of nitrogens with two attached hydrogens (primary N) is 1. The normalized spacial score (nSPS) is 20.3. The predicted molar refractivity (Wildman–Crippen MR) is 78.4 cm³/mol. The fraction of sp³-hybridized carbons (Fsp3) is 0.571. The van der Waals surface area contributed by atoms with Gasteiger partial charge in [-0.05, 0) is 59.4 Å². The average molecular weight is 313 g/mol. The summed E-state index contributed by atoms with van der Waals surface area (Å²) in [6, 6.07) is 6.15. The summed E-state index contributed by atoms with van der Waals surface area (Å²) in [4.78, 5) is 2.36. The van der Waals surface area contributed by atoms with Crippen molar-refractivity contribution in [1.29, 1.82) is 0 Å². The Balaban J connectivity index is 1.85. The highest BCUT2D eigenvalue weighted by Crippen LogP contribution is 2.21. The van der Waals surface area contributed by atoms with Crippen molar-refractivity contribution in [3.05, 3.63) is 28.2 Å². The summed E-state index contributed by atoms with van der Waals surface area (Å²) in [6.07, 6.45) is 2.49. The Bertz CT molecular complexity index is 391. The maximum absolute atomic E-state index is 5.79. The SMILES string of the molecule is CN(Cc1ccc(N)c(Br)c1)CC1CCCOC1. The molecule has 0 radical (unpaired) electrons. The van der Waals surface area contributed by atoms with Crippen molar-refractivity contribution in [3.8, 4) is 0 Å². The molecule has 1 aromatic carbocycles. The lowest BCUT2D eigenvalue weighted by molar-refractivity contribution is 0.0411. The number of rotatable bonds is 4. The largest absolute Gasteiger partial charge is 0.398 e. The van der Waals surface area contributed by atoms with Crippen molar-refractivity contribution in [2.24, 2.45) is 5.92 Å². The van der Waals surface area contributed by atoms with Crippen LogP contribution in [0.4, 0.5) is 5.69 Å². The zero-order valence-corrected chi connectivity index (χ0v) is 12.4. The molecule has 1 aromatic rings. The van der Waals surface area contributed by atoms with E-state index in [1.807, 2.05) is 6.07 Å². The van der Waals surface area contributed by atoms with E-state index in [2.05, 4.69) is 40.0 Å². The lowest BCUT2D eigenvalue weighted by atomic mass is 10.0. The Morgan fingerprint density at radius 2 is 2.33 bits per heavy atom. The molecular weight excluding hydrogens is 292 g/mol. The third-order valence-electron chi connectivity index (χ3n) is 3.34. The number of anilines is 1. The van der Waals surface area contributed by atoms with Crippen LogP contribution in [0, 0.1) is 5.92 Å². The van der Waals surface area contributed by atoms with E-state index in [4.69, 9.17) is 10.5 Å². The highest BCUT2D eigenvalue weighted by atomic mass is 79.9. The summed E-state index contributed by atoms with van der Waals surface area (Å²) in [5, 5.41) is 0. The molecule has 0 bridgehead atoms. The van der Waals surface area contributed by atoms with Crippen LogP contribution in [0.5, 0.6) is 0 Å². The van der Waals surface area contributed by atoms with Gasteiger partial charge in [0.25, 0.3) is 0 Å². The average Bonchev–Trinajstić information content (AvgIpc) is 2.35. The van der Waals surface area contributed by atoms with Crippen molar-refractivity contribution >= 4 is 21.6 Å². The van der Waals surface area contributed by atoms with Crippen molar-refractivity contribution in [3.63, 3.8) is 0 Å². The molecule has 1 heterocycles. The Morgan fingerprint density at radius 3 is 3.00 bits per heavy atom. The summed E-state index contributed by atoms with van der Waals surface area (Å²) in [6.45, 7) is 3.90. The van der Waals surface area contributed by atoms with Crippen LogP contribution in [0.15, 0.2) is 22.7 Å². The van der Waals surface area contributed by atoms with Crippen LogP contribution in [0.1, 0.15) is 18.4 Å². The monoisotopic (exact) mass is 312 g/mol. The minimum absolute atomic E-state index is 0.681. The molecule has 3 nitrogen and oxygen atoms in total. The second kappa shape index (κ2) is 6.55. The molecule has 2 rings (SSSR count). The second-order valence-corrected chi connectivity index (χ2v) is 5.99. The lowest BCUT2D eigenvalue weighted by Gasteiger charge is -2.27. The lowest BCUT2D eigenvalue weighted by Crippen LogP contribution is -2.30. The number of nitrogens with zero attached hydrogens (tertiary/aromatic N) is 1. The van der Waals surface area contributed by atoms with Crippen molar-refractivity contribution < 1.29 is 4.74 Å². The fourth-order valence-corrected chi connectivity index (χ4v) is 2.86. The number of ether oxygens (including phenoxy) is 1. The molecule has 0 saturated carbocycles. The van der Waals surface area contributed by atoms with Crippen LogP contribution < -0.4 is 5.73 Å². The summed E-state index contributed by atoms with van der Waals surface area (Å²) in [7, 11) is 2.17. The zero-order chi connectivity index (χ0) is 13.0. The van der Waals surface area contributed by atoms with Gasteiger partial charge in [0, 0.05) is 29.9 Å². The molecule has 2 N–H and O–H groups in total. The molecule has 0 amide bonds. The van der Waals surface area contributed by atoms with Gasteiger partial charge in [-0.1, -0.05) is 6.07 Å². The van der Waals surface area contributed by atoms with Gasteiger partial charge in [-0.15, -0.1) is 0 Å². The minimum Gasteiger partial charge on any atom is -0.398 e. The van der Waals surface area contributed by atoms with E-state index in [0.29, 0.717) is 5.92 Å². The van der Waals surface area contributed by atoms with E-state index in [0.717, 1.165) is 36.5 Å². The molecule has 0 aliphatic carbocycles. The van der Waals surface area contributed by atoms with Crippen molar-refractivity contribution in [2.75, 3.05) is 32.5 Å². The summed E-state index contributed by atoms with van der Waals surface area (Å²) < 4.78 is 6.50. The van der Waals surface area contributed by atoms with E-state index < -0.39 is 0 Å². The second-order valence-electron chi connectivity index (χ2n) is 5.14. The van der Waals surface area contributed by atoms with Gasteiger partial charge in [-0.25, -0.2) is 0 Å². The van der Waals surface area contributed by atoms with Gasteiger partial charge in [-0.3, -0.25) is 0 Å². The first kappa shape index (κ1) is 13.8. The molecule has 4 heteroatoms. The molecule has 1 atom stereocenters. The quantitative estimate of drug-likeness (QED) is 0.869. The van der Waals surface area contributed by atoms with Gasteiger partial charge in [0.1, 0.15) is 0 Å². The van der Waals surface area contributed by atoms with Gasteiger partial charge in [-0.2, -0.15) is 0 Å². The van der Waals surface area contributed by atoms with Crippen LogP contribution in [0.2, 0.25) is 0 Å². The Morgan fingerprint density at radius 1 is 1.50 bits per heavy atom. The zero-order valence-electron chi connectivity index (χ0n) is 10.9.